The van der Waals surface area contributed by atoms with Crippen molar-refractivity contribution in [2.45, 2.75) is 19.8 Å². The van der Waals surface area contributed by atoms with Crippen molar-refractivity contribution in [3.8, 4) is 0 Å². The first-order valence-corrected chi connectivity index (χ1v) is 4.44. The van der Waals surface area contributed by atoms with E-state index in [0.29, 0.717) is 18.9 Å². The Bertz CT molecular complexity index is 144. The van der Waals surface area contributed by atoms with E-state index >= 15 is 0 Å². The zero-order valence-electron chi connectivity index (χ0n) is 7.43. The highest BCUT2D eigenvalue weighted by molar-refractivity contribution is 5.75. The van der Waals surface area contributed by atoms with Gasteiger partial charge in [-0.15, -0.1) is 0 Å². The molecule has 0 spiro atoms. The maximum Gasteiger partial charge on any atom is 0.243 e. The van der Waals surface area contributed by atoms with Gasteiger partial charge >= 0.3 is 0 Å². The number of hydroxylamine groups is 1. The molecular weight excluding hydrogens is 156 g/mol. The molecule has 1 heterocycles. The van der Waals surface area contributed by atoms with Crippen molar-refractivity contribution >= 4 is 5.91 Å². The number of carbonyl (C=O) groups excluding carboxylic acids is 1. The third kappa shape index (κ3) is 3.19. The van der Waals surface area contributed by atoms with Gasteiger partial charge in [-0.1, -0.05) is 0 Å². The second-order valence-corrected chi connectivity index (χ2v) is 3.02. The number of nitrogens with one attached hydrogen (secondary N) is 2. The number of rotatable bonds is 4. The fraction of sp³-hybridized carbons (Fsp3) is 0.875. The van der Waals surface area contributed by atoms with Crippen LogP contribution in [0.3, 0.4) is 0 Å². The topological polar surface area (TPSA) is 50.4 Å². The number of hydrogen-bond donors (Lipinski definition) is 2. The fourth-order valence-corrected chi connectivity index (χ4v) is 1.35. The minimum atomic E-state index is -0.00875. The molecule has 1 amide bonds. The van der Waals surface area contributed by atoms with Gasteiger partial charge in [0.15, 0.2) is 0 Å². The summed E-state index contributed by atoms with van der Waals surface area (Å²) in [6, 6.07) is 0. The Morgan fingerprint density at radius 1 is 1.75 bits per heavy atom. The summed E-state index contributed by atoms with van der Waals surface area (Å²) < 4.78 is 0. The summed E-state index contributed by atoms with van der Waals surface area (Å²) in [5, 5.41) is 3.21. The zero-order valence-corrected chi connectivity index (χ0v) is 7.43. The number of amides is 1. The fourth-order valence-electron chi connectivity index (χ4n) is 1.35. The zero-order chi connectivity index (χ0) is 8.81. The van der Waals surface area contributed by atoms with Gasteiger partial charge in [-0.05, 0) is 32.4 Å². The molecule has 4 nitrogen and oxygen atoms in total. The van der Waals surface area contributed by atoms with Crippen LogP contribution >= 0.6 is 0 Å². The van der Waals surface area contributed by atoms with Crippen molar-refractivity contribution in [3.05, 3.63) is 0 Å². The molecule has 1 rings (SSSR count). The van der Waals surface area contributed by atoms with Gasteiger partial charge in [-0.2, -0.15) is 0 Å². The highest BCUT2D eigenvalue weighted by Crippen LogP contribution is 2.11. The molecular formula is C8H16N2O2. The Morgan fingerprint density at radius 3 is 3.17 bits per heavy atom. The molecule has 0 aromatic heterocycles. The molecule has 0 aliphatic carbocycles. The van der Waals surface area contributed by atoms with Crippen molar-refractivity contribution in [2.75, 3.05) is 19.7 Å². The molecule has 0 aromatic rings. The maximum absolute atomic E-state index is 11.1. The van der Waals surface area contributed by atoms with Crippen LogP contribution in [-0.4, -0.2) is 25.6 Å². The lowest BCUT2D eigenvalue weighted by Crippen LogP contribution is -2.26. The van der Waals surface area contributed by atoms with Crippen molar-refractivity contribution in [2.24, 2.45) is 5.92 Å². The Balaban J connectivity index is 2.08. The van der Waals surface area contributed by atoms with Crippen LogP contribution in [0.15, 0.2) is 0 Å². The van der Waals surface area contributed by atoms with Crippen LogP contribution in [0.4, 0.5) is 0 Å². The van der Waals surface area contributed by atoms with E-state index in [1.807, 2.05) is 6.92 Å². The van der Waals surface area contributed by atoms with Crippen molar-refractivity contribution < 1.29 is 9.63 Å². The van der Waals surface area contributed by atoms with Crippen LogP contribution in [-0.2, 0) is 9.63 Å². The van der Waals surface area contributed by atoms with Gasteiger partial charge in [-0.25, -0.2) is 5.48 Å². The van der Waals surface area contributed by atoms with E-state index in [1.54, 1.807) is 0 Å². The standard InChI is InChI=1S/C8H16N2O2/c1-2-12-10-8(11)5-7-3-4-9-6-7/h7,9H,2-6H2,1H3,(H,10,11). The van der Waals surface area contributed by atoms with E-state index in [4.69, 9.17) is 4.84 Å². The molecule has 1 aliphatic heterocycles. The molecule has 2 N–H and O–H groups in total. The first kappa shape index (κ1) is 9.48. The molecule has 0 radical (unpaired) electrons. The molecule has 1 saturated heterocycles. The van der Waals surface area contributed by atoms with E-state index in [-0.39, 0.29) is 5.91 Å². The molecule has 70 valence electrons. The molecule has 1 aliphatic rings. The molecule has 1 unspecified atom stereocenters. The van der Waals surface area contributed by atoms with Gasteiger partial charge in [0, 0.05) is 6.42 Å². The van der Waals surface area contributed by atoms with Crippen molar-refractivity contribution in [1.29, 1.82) is 0 Å². The minimum absolute atomic E-state index is 0.00875. The van der Waals surface area contributed by atoms with Crippen LogP contribution < -0.4 is 10.8 Å². The Hall–Kier alpha value is -0.610. The Morgan fingerprint density at radius 2 is 2.58 bits per heavy atom. The lowest BCUT2D eigenvalue weighted by molar-refractivity contribution is -0.134. The summed E-state index contributed by atoms with van der Waals surface area (Å²) in [6.45, 7) is 4.36. The molecule has 4 heteroatoms. The van der Waals surface area contributed by atoms with Gasteiger partial charge in [0.1, 0.15) is 0 Å². The molecule has 0 bridgehead atoms. The smallest absolute Gasteiger partial charge is 0.243 e. The number of hydrogen-bond acceptors (Lipinski definition) is 3. The molecule has 1 fully saturated rings. The Kier molecular flexibility index (Phi) is 4.04. The first-order valence-electron chi connectivity index (χ1n) is 4.44. The van der Waals surface area contributed by atoms with Gasteiger partial charge < -0.3 is 5.32 Å². The third-order valence-corrected chi connectivity index (χ3v) is 1.97. The Labute approximate surface area is 72.6 Å². The predicted molar refractivity (Wildman–Crippen MR) is 45.4 cm³/mol. The molecule has 1 atom stereocenters. The summed E-state index contributed by atoms with van der Waals surface area (Å²) in [5.74, 6) is 0.482. The van der Waals surface area contributed by atoms with Crippen LogP contribution in [0.5, 0.6) is 0 Å². The average Bonchev–Trinajstić information content (AvgIpc) is 2.53. The summed E-state index contributed by atoms with van der Waals surface area (Å²) in [6.07, 6.45) is 1.67. The van der Waals surface area contributed by atoms with Gasteiger partial charge in [-0.3, -0.25) is 9.63 Å². The molecule has 0 saturated carbocycles. The SMILES string of the molecule is CCONC(=O)CC1CCNC1. The second-order valence-electron chi connectivity index (χ2n) is 3.02. The van der Waals surface area contributed by atoms with Crippen LogP contribution in [0.2, 0.25) is 0 Å². The van der Waals surface area contributed by atoms with E-state index in [2.05, 4.69) is 10.8 Å². The largest absolute Gasteiger partial charge is 0.316 e. The van der Waals surface area contributed by atoms with Crippen LogP contribution in [0, 0.1) is 5.92 Å². The second kappa shape index (κ2) is 5.11. The molecule has 0 aromatic carbocycles. The van der Waals surface area contributed by atoms with Crippen molar-refractivity contribution in [1.82, 2.24) is 10.8 Å². The monoisotopic (exact) mass is 172 g/mol. The molecule has 12 heavy (non-hydrogen) atoms. The van der Waals surface area contributed by atoms with Gasteiger partial charge in [0.25, 0.3) is 0 Å². The maximum atomic E-state index is 11.1. The van der Waals surface area contributed by atoms with Gasteiger partial charge in [0.2, 0.25) is 5.91 Å². The predicted octanol–water partition coefficient (Wildman–Crippen LogP) is 0.0537. The van der Waals surface area contributed by atoms with E-state index in [0.717, 1.165) is 19.5 Å². The quantitative estimate of drug-likeness (QED) is 0.589. The third-order valence-electron chi connectivity index (χ3n) is 1.97. The lowest BCUT2D eigenvalue weighted by Gasteiger charge is -2.07. The summed E-state index contributed by atoms with van der Waals surface area (Å²) in [7, 11) is 0. The minimum Gasteiger partial charge on any atom is -0.316 e. The summed E-state index contributed by atoms with van der Waals surface area (Å²) in [5.41, 5.74) is 2.39. The van der Waals surface area contributed by atoms with Crippen molar-refractivity contribution in [3.63, 3.8) is 0 Å². The first-order chi connectivity index (χ1) is 5.83. The van der Waals surface area contributed by atoms with Crippen LogP contribution in [0.25, 0.3) is 0 Å². The highest BCUT2D eigenvalue weighted by atomic mass is 16.6. The number of carbonyl (C=O) groups is 1. The average molecular weight is 172 g/mol. The van der Waals surface area contributed by atoms with E-state index < -0.39 is 0 Å². The van der Waals surface area contributed by atoms with Gasteiger partial charge in [0.05, 0.1) is 6.61 Å². The normalized spacial score (nSPS) is 22.6. The van der Waals surface area contributed by atoms with E-state index in [9.17, 15) is 4.79 Å². The summed E-state index contributed by atoms with van der Waals surface area (Å²) >= 11 is 0. The summed E-state index contributed by atoms with van der Waals surface area (Å²) in [4.78, 5) is 15.9. The highest BCUT2D eigenvalue weighted by Gasteiger charge is 2.17. The van der Waals surface area contributed by atoms with E-state index in [1.165, 1.54) is 0 Å². The lowest BCUT2D eigenvalue weighted by atomic mass is 10.1. The van der Waals surface area contributed by atoms with Crippen LogP contribution in [0.1, 0.15) is 19.8 Å².